The lowest BCUT2D eigenvalue weighted by Crippen LogP contribution is -2.10. The Morgan fingerprint density at radius 2 is 1.47 bits per heavy atom. The van der Waals surface area contributed by atoms with E-state index < -0.39 is 0 Å². The van der Waals surface area contributed by atoms with Crippen molar-refractivity contribution < 1.29 is 0 Å². The maximum Gasteiger partial charge on any atom is 0.0355 e. The number of rotatable bonds is 2. The van der Waals surface area contributed by atoms with Crippen molar-refractivity contribution in [1.29, 1.82) is 0 Å². The van der Waals surface area contributed by atoms with E-state index in [1.54, 1.807) is 11.8 Å². The molecule has 0 amide bonds. The van der Waals surface area contributed by atoms with Gasteiger partial charge in [0.1, 0.15) is 0 Å². The first-order chi connectivity index (χ1) is 8.86. The van der Waals surface area contributed by atoms with Crippen LogP contribution in [0.3, 0.4) is 0 Å². The van der Waals surface area contributed by atoms with E-state index in [4.69, 9.17) is 5.73 Å². The van der Waals surface area contributed by atoms with Gasteiger partial charge in [0, 0.05) is 15.5 Å². The Labute approximate surface area is 120 Å². The number of aryl methyl sites for hydroxylation is 1. The van der Waals surface area contributed by atoms with Gasteiger partial charge >= 0.3 is 0 Å². The van der Waals surface area contributed by atoms with Crippen LogP contribution in [0.25, 0.3) is 0 Å². The third-order valence-electron chi connectivity index (χ3n) is 3.21. The number of anilines is 1. The zero-order valence-corrected chi connectivity index (χ0v) is 12.8. The summed E-state index contributed by atoms with van der Waals surface area (Å²) < 4.78 is 0. The van der Waals surface area contributed by atoms with Crippen molar-refractivity contribution in [1.82, 2.24) is 0 Å². The zero-order valence-electron chi connectivity index (χ0n) is 12.0. The minimum absolute atomic E-state index is 0.206. The standard InChI is InChI=1S/C17H21NS/c1-12-5-8-15(11-16(12)18)19-14-9-6-13(7-10-14)17(2,3)4/h5-11H,18H2,1-4H3. The van der Waals surface area contributed by atoms with Crippen LogP contribution in [0.15, 0.2) is 52.3 Å². The molecule has 0 aliphatic carbocycles. The summed E-state index contributed by atoms with van der Waals surface area (Å²) >= 11 is 1.75. The fourth-order valence-electron chi connectivity index (χ4n) is 1.84. The van der Waals surface area contributed by atoms with Crippen LogP contribution in [0.4, 0.5) is 5.69 Å². The van der Waals surface area contributed by atoms with Crippen LogP contribution >= 0.6 is 11.8 Å². The molecule has 2 aromatic carbocycles. The van der Waals surface area contributed by atoms with E-state index in [-0.39, 0.29) is 5.41 Å². The molecule has 0 bridgehead atoms. The minimum Gasteiger partial charge on any atom is -0.398 e. The van der Waals surface area contributed by atoms with Crippen LogP contribution in [-0.4, -0.2) is 0 Å². The summed E-state index contributed by atoms with van der Waals surface area (Å²) in [6.45, 7) is 8.73. The molecule has 0 aliphatic heterocycles. The maximum absolute atomic E-state index is 5.94. The Kier molecular flexibility index (Phi) is 3.91. The van der Waals surface area contributed by atoms with Crippen molar-refractivity contribution in [3.63, 3.8) is 0 Å². The lowest BCUT2D eigenvalue weighted by atomic mass is 9.87. The van der Waals surface area contributed by atoms with E-state index in [9.17, 15) is 0 Å². The van der Waals surface area contributed by atoms with Crippen molar-refractivity contribution in [2.75, 3.05) is 5.73 Å². The highest BCUT2D eigenvalue weighted by Gasteiger charge is 2.12. The smallest absolute Gasteiger partial charge is 0.0355 e. The number of hydrogen-bond donors (Lipinski definition) is 1. The summed E-state index contributed by atoms with van der Waals surface area (Å²) in [7, 11) is 0. The van der Waals surface area contributed by atoms with Crippen LogP contribution in [0.2, 0.25) is 0 Å². The second-order valence-electron chi connectivity index (χ2n) is 5.89. The first-order valence-corrected chi connectivity index (χ1v) is 7.32. The molecule has 0 radical (unpaired) electrons. The van der Waals surface area contributed by atoms with E-state index in [0.29, 0.717) is 0 Å². The molecule has 0 saturated heterocycles. The Balaban J connectivity index is 2.17. The molecule has 0 saturated carbocycles. The zero-order chi connectivity index (χ0) is 14.0. The average Bonchev–Trinajstić information content (AvgIpc) is 2.33. The van der Waals surface area contributed by atoms with Crippen LogP contribution in [0.1, 0.15) is 31.9 Å². The second kappa shape index (κ2) is 5.30. The monoisotopic (exact) mass is 271 g/mol. The van der Waals surface area contributed by atoms with Crippen molar-refractivity contribution in [2.24, 2.45) is 0 Å². The SMILES string of the molecule is Cc1ccc(Sc2ccc(C(C)(C)C)cc2)cc1N. The highest BCUT2D eigenvalue weighted by molar-refractivity contribution is 7.99. The van der Waals surface area contributed by atoms with Gasteiger partial charge in [0.25, 0.3) is 0 Å². The quantitative estimate of drug-likeness (QED) is 0.776. The number of nitrogen functional groups attached to an aromatic ring is 1. The van der Waals surface area contributed by atoms with Gasteiger partial charge < -0.3 is 5.73 Å². The number of hydrogen-bond acceptors (Lipinski definition) is 2. The van der Waals surface area contributed by atoms with Gasteiger partial charge in [-0.2, -0.15) is 0 Å². The summed E-state index contributed by atoms with van der Waals surface area (Å²) in [5, 5.41) is 0. The van der Waals surface area contributed by atoms with Gasteiger partial charge in [0.15, 0.2) is 0 Å². The first-order valence-electron chi connectivity index (χ1n) is 6.51. The van der Waals surface area contributed by atoms with Crippen LogP contribution in [0, 0.1) is 6.92 Å². The summed E-state index contributed by atoms with van der Waals surface area (Å²) in [5.74, 6) is 0. The molecule has 0 unspecified atom stereocenters. The van der Waals surface area contributed by atoms with E-state index >= 15 is 0 Å². The van der Waals surface area contributed by atoms with Gasteiger partial charge in [0.2, 0.25) is 0 Å². The van der Waals surface area contributed by atoms with Gasteiger partial charge in [-0.05, 0) is 47.7 Å². The molecular weight excluding hydrogens is 250 g/mol. The first kappa shape index (κ1) is 14.0. The molecule has 0 fully saturated rings. The van der Waals surface area contributed by atoms with Crippen LogP contribution in [-0.2, 0) is 5.41 Å². The van der Waals surface area contributed by atoms with Crippen molar-refractivity contribution in [3.05, 3.63) is 53.6 Å². The maximum atomic E-state index is 5.94. The molecule has 2 aromatic rings. The molecule has 19 heavy (non-hydrogen) atoms. The van der Waals surface area contributed by atoms with E-state index in [1.807, 2.05) is 13.0 Å². The largest absolute Gasteiger partial charge is 0.398 e. The van der Waals surface area contributed by atoms with Gasteiger partial charge in [0.05, 0.1) is 0 Å². The summed E-state index contributed by atoms with van der Waals surface area (Å²) in [6.07, 6.45) is 0. The summed E-state index contributed by atoms with van der Waals surface area (Å²) in [4.78, 5) is 2.43. The summed E-state index contributed by atoms with van der Waals surface area (Å²) in [5.41, 5.74) is 9.50. The Morgan fingerprint density at radius 1 is 0.895 bits per heavy atom. The van der Waals surface area contributed by atoms with Crippen LogP contribution < -0.4 is 5.73 Å². The Hall–Kier alpha value is -1.41. The Morgan fingerprint density at radius 3 is 2.00 bits per heavy atom. The van der Waals surface area contributed by atoms with E-state index in [2.05, 4.69) is 57.2 Å². The molecule has 0 aromatic heterocycles. The number of benzene rings is 2. The van der Waals surface area contributed by atoms with Gasteiger partial charge in [-0.1, -0.05) is 50.7 Å². The number of nitrogens with two attached hydrogens (primary N) is 1. The fourth-order valence-corrected chi connectivity index (χ4v) is 2.71. The average molecular weight is 271 g/mol. The lowest BCUT2D eigenvalue weighted by Gasteiger charge is -2.19. The van der Waals surface area contributed by atoms with E-state index in [1.165, 1.54) is 15.4 Å². The molecule has 0 atom stereocenters. The van der Waals surface area contributed by atoms with Crippen LogP contribution in [0.5, 0.6) is 0 Å². The van der Waals surface area contributed by atoms with Gasteiger partial charge in [-0.15, -0.1) is 0 Å². The van der Waals surface area contributed by atoms with Crippen molar-refractivity contribution in [2.45, 2.75) is 42.9 Å². The normalized spacial score (nSPS) is 11.6. The van der Waals surface area contributed by atoms with Crippen molar-refractivity contribution >= 4 is 17.4 Å². The predicted molar refractivity (Wildman–Crippen MR) is 84.9 cm³/mol. The van der Waals surface area contributed by atoms with E-state index in [0.717, 1.165) is 11.3 Å². The predicted octanol–water partition coefficient (Wildman–Crippen LogP) is 5.03. The Bertz CT molecular complexity index is 565. The minimum atomic E-state index is 0.206. The fraction of sp³-hybridized carbons (Fsp3) is 0.294. The molecule has 0 spiro atoms. The molecule has 1 nitrogen and oxygen atoms in total. The molecule has 2 rings (SSSR count). The lowest BCUT2D eigenvalue weighted by molar-refractivity contribution is 0.590. The summed E-state index contributed by atoms with van der Waals surface area (Å²) in [6, 6.07) is 15.0. The molecule has 100 valence electrons. The van der Waals surface area contributed by atoms with Gasteiger partial charge in [-0.25, -0.2) is 0 Å². The molecule has 2 N–H and O–H groups in total. The topological polar surface area (TPSA) is 26.0 Å². The highest BCUT2D eigenvalue weighted by Crippen LogP contribution is 2.31. The second-order valence-corrected chi connectivity index (χ2v) is 7.04. The molecular formula is C17H21NS. The third kappa shape index (κ3) is 3.54. The molecule has 0 aliphatic rings. The van der Waals surface area contributed by atoms with Gasteiger partial charge in [-0.3, -0.25) is 0 Å². The molecule has 0 heterocycles. The van der Waals surface area contributed by atoms with Crippen molar-refractivity contribution in [3.8, 4) is 0 Å². The highest BCUT2D eigenvalue weighted by atomic mass is 32.2. The molecule has 2 heteroatoms. The third-order valence-corrected chi connectivity index (χ3v) is 4.20.